The zero-order valence-corrected chi connectivity index (χ0v) is 7.63. The van der Waals surface area contributed by atoms with Crippen molar-refractivity contribution in [2.45, 2.75) is 19.8 Å². The van der Waals surface area contributed by atoms with Gasteiger partial charge in [-0.3, -0.25) is 5.41 Å². The van der Waals surface area contributed by atoms with Gasteiger partial charge in [-0.25, -0.2) is 4.79 Å². The third kappa shape index (κ3) is 3.27. The summed E-state index contributed by atoms with van der Waals surface area (Å²) in [5, 5.41) is 7.33. The van der Waals surface area contributed by atoms with Gasteiger partial charge in [0.05, 0.1) is 0 Å². The Kier molecular flexibility index (Phi) is 3.49. The molecule has 0 fully saturated rings. The molecule has 4 heteroatoms. The summed E-state index contributed by atoms with van der Waals surface area (Å²) in [7, 11) is 0. The highest BCUT2D eigenvalue weighted by molar-refractivity contribution is 5.85. The number of nitrogens with one attached hydrogen (secondary N) is 1. The summed E-state index contributed by atoms with van der Waals surface area (Å²) in [5.41, 5.74) is 0.797. The zero-order valence-electron chi connectivity index (χ0n) is 7.63. The molecular weight excluding hydrogens is 170 g/mol. The molecule has 0 atom stereocenters. The number of ether oxygens (including phenoxy) is 2. The minimum absolute atomic E-state index is 0.266. The van der Waals surface area contributed by atoms with E-state index in [1.807, 2.05) is 6.92 Å². The third-order valence-corrected chi connectivity index (χ3v) is 1.63. The van der Waals surface area contributed by atoms with E-state index in [1.54, 1.807) is 0 Å². The fraction of sp³-hybridized carbons (Fsp3) is 0.556. The van der Waals surface area contributed by atoms with E-state index in [1.165, 1.54) is 6.08 Å². The van der Waals surface area contributed by atoms with Crippen molar-refractivity contribution in [3.05, 3.63) is 11.6 Å². The third-order valence-electron chi connectivity index (χ3n) is 1.63. The van der Waals surface area contributed by atoms with Crippen LogP contribution in [-0.4, -0.2) is 25.1 Å². The Morgan fingerprint density at radius 2 is 2.54 bits per heavy atom. The number of rotatable bonds is 4. The fourth-order valence-electron chi connectivity index (χ4n) is 0.976. The molecule has 0 aliphatic carbocycles. The lowest BCUT2D eigenvalue weighted by molar-refractivity contribution is -0.134. The standard InChI is InChI=1S/C9H13NO3/c1-2-3-8(10)12-5-7-4-9(11)13-6-7/h4,10H,2-3,5-6H2,1H3. The average molecular weight is 183 g/mol. The molecule has 0 radical (unpaired) electrons. The van der Waals surface area contributed by atoms with Gasteiger partial charge in [-0.2, -0.15) is 0 Å². The number of carbonyl (C=O) groups excluding carboxylic acids is 1. The van der Waals surface area contributed by atoms with Crippen molar-refractivity contribution in [2.24, 2.45) is 0 Å². The second-order valence-corrected chi connectivity index (χ2v) is 2.87. The highest BCUT2D eigenvalue weighted by Crippen LogP contribution is 2.06. The summed E-state index contributed by atoms with van der Waals surface area (Å²) >= 11 is 0. The van der Waals surface area contributed by atoms with Gasteiger partial charge in [-0.15, -0.1) is 0 Å². The van der Waals surface area contributed by atoms with Gasteiger partial charge in [0.1, 0.15) is 13.2 Å². The maximum absolute atomic E-state index is 10.6. The van der Waals surface area contributed by atoms with E-state index in [0.29, 0.717) is 19.6 Å². The van der Waals surface area contributed by atoms with Crippen LogP contribution in [0.2, 0.25) is 0 Å². The van der Waals surface area contributed by atoms with E-state index >= 15 is 0 Å². The highest BCUT2D eigenvalue weighted by atomic mass is 16.5. The smallest absolute Gasteiger partial charge is 0.331 e. The first-order chi connectivity index (χ1) is 6.22. The summed E-state index contributed by atoms with van der Waals surface area (Å²) < 4.78 is 9.77. The molecule has 72 valence electrons. The minimum Gasteiger partial charge on any atom is -0.477 e. The molecule has 1 aliphatic rings. The molecule has 0 aromatic heterocycles. The number of esters is 1. The lowest BCUT2D eigenvalue weighted by atomic mass is 10.3. The van der Waals surface area contributed by atoms with Crippen molar-refractivity contribution in [3.63, 3.8) is 0 Å². The van der Waals surface area contributed by atoms with Crippen molar-refractivity contribution in [3.8, 4) is 0 Å². The maximum Gasteiger partial charge on any atom is 0.331 e. The second-order valence-electron chi connectivity index (χ2n) is 2.87. The van der Waals surface area contributed by atoms with Crippen LogP contribution in [0.25, 0.3) is 0 Å². The van der Waals surface area contributed by atoms with Gasteiger partial charge in [0, 0.05) is 18.1 Å². The monoisotopic (exact) mass is 183 g/mol. The van der Waals surface area contributed by atoms with Gasteiger partial charge in [-0.05, 0) is 6.42 Å². The molecule has 0 bridgehead atoms. The predicted molar refractivity (Wildman–Crippen MR) is 47.6 cm³/mol. The molecule has 13 heavy (non-hydrogen) atoms. The maximum atomic E-state index is 10.6. The van der Waals surface area contributed by atoms with Crippen LogP contribution in [0, 0.1) is 5.41 Å². The van der Waals surface area contributed by atoms with Crippen LogP contribution in [-0.2, 0) is 14.3 Å². The molecule has 0 spiro atoms. The van der Waals surface area contributed by atoms with Gasteiger partial charge in [0.2, 0.25) is 0 Å². The van der Waals surface area contributed by atoms with E-state index < -0.39 is 0 Å². The first-order valence-electron chi connectivity index (χ1n) is 4.28. The van der Waals surface area contributed by atoms with Crippen LogP contribution in [0.1, 0.15) is 19.8 Å². The SMILES string of the molecule is CCCC(=N)OCC1=CC(=O)OC1. The van der Waals surface area contributed by atoms with Crippen LogP contribution in [0.15, 0.2) is 11.6 Å². The lowest BCUT2D eigenvalue weighted by Gasteiger charge is -2.05. The molecule has 0 saturated carbocycles. The van der Waals surface area contributed by atoms with Gasteiger partial charge in [0.25, 0.3) is 0 Å². The summed E-state index contributed by atoms with van der Waals surface area (Å²) in [4.78, 5) is 10.6. The Hall–Kier alpha value is -1.32. The predicted octanol–water partition coefficient (Wildman–Crippen LogP) is 1.26. The molecule has 4 nitrogen and oxygen atoms in total. The van der Waals surface area contributed by atoms with E-state index in [4.69, 9.17) is 10.1 Å². The van der Waals surface area contributed by atoms with Gasteiger partial charge < -0.3 is 9.47 Å². The average Bonchev–Trinajstić information content (AvgIpc) is 2.49. The van der Waals surface area contributed by atoms with E-state index in [2.05, 4.69) is 4.74 Å². The molecular formula is C9H13NO3. The number of hydrogen-bond donors (Lipinski definition) is 1. The largest absolute Gasteiger partial charge is 0.477 e. The molecule has 0 aromatic rings. The Labute approximate surface area is 77.0 Å². The minimum atomic E-state index is -0.319. The summed E-state index contributed by atoms with van der Waals surface area (Å²) in [6, 6.07) is 0. The van der Waals surface area contributed by atoms with Gasteiger partial charge >= 0.3 is 5.97 Å². The Balaban J connectivity index is 2.23. The Morgan fingerprint density at radius 1 is 1.77 bits per heavy atom. The fourth-order valence-corrected chi connectivity index (χ4v) is 0.976. The van der Waals surface area contributed by atoms with Crippen LogP contribution in [0.5, 0.6) is 0 Å². The van der Waals surface area contributed by atoms with Gasteiger partial charge in [-0.1, -0.05) is 6.92 Å². The molecule has 1 N–H and O–H groups in total. The molecule has 0 unspecified atom stereocenters. The molecule has 0 aromatic carbocycles. The van der Waals surface area contributed by atoms with Crippen molar-refractivity contribution < 1.29 is 14.3 Å². The topological polar surface area (TPSA) is 59.4 Å². The molecule has 1 rings (SSSR count). The van der Waals surface area contributed by atoms with Crippen LogP contribution in [0.3, 0.4) is 0 Å². The second kappa shape index (κ2) is 4.64. The normalized spacial score (nSPS) is 15.2. The van der Waals surface area contributed by atoms with Crippen LogP contribution in [0.4, 0.5) is 0 Å². The molecule has 1 heterocycles. The highest BCUT2D eigenvalue weighted by Gasteiger charge is 2.13. The van der Waals surface area contributed by atoms with Crippen molar-refractivity contribution >= 4 is 11.9 Å². The Bertz CT molecular complexity index is 245. The van der Waals surface area contributed by atoms with Gasteiger partial charge in [0.15, 0.2) is 5.90 Å². The van der Waals surface area contributed by atoms with E-state index in [-0.39, 0.29) is 11.9 Å². The first kappa shape index (κ1) is 9.77. The van der Waals surface area contributed by atoms with Crippen LogP contribution < -0.4 is 0 Å². The lowest BCUT2D eigenvalue weighted by Crippen LogP contribution is -2.06. The van der Waals surface area contributed by atoms with Crippen molar-refractivity contribution in [1.82, 2.24) is 0 Å². The van der Waals surface area contributed by atoms with Crippen LogP contribution >= 0.6 is 0 Å². The zero-order chi connectivity index (χ0) is 9.68. The Morgan fingerprint density at radius 3 is 3.08 bits per heavy atom. The molecule has 1 aliphatic heterocycles. The number of carbonyl (C=O) groups is 1. The summed E-state index contributed by atoms with van der Waals surface area (Å²) in [6.07, 6.45) is 2.95. The molecule has 0 amide bonds. The summed E-state index contributed by atoms with van der Waals surface area (Å²) in [6.45, 7) is 2.59. The number of cyclic esters (lactones) is 1. The van der Waals surface area contributed by atoms with E-state index in [0.717, 1.165) is 12.0 Å². The summed E-state index contributed by atoms with van der Waals surface area (Å²) in [5.74, 6) is -0.0524. The number of hydrogen-bond acceptors (Lipinski definition) is 4. The first-order valence-corrected chi connectivity index (χ1v) is 4.28. The van der Waals surface area contributed by atoms with Crippen molar-refractivity contribution in [1.29, 1.82) is 5.41 Å². The quantitative estimate of drug-likeness (QED) is 0.405. The molecule has 0 saturated heterocycles. The van der Waals surface area contributed by atoms with E-state index in [9.17, 15) is 4.79 Å². The van der Waals surface area contributed by atoms with Crippen molar-refractivity contribution in [2.75, 3.05) is 13.2 Å².